The van der Waals surface area contributed by atoms with E-state index < -0.39 is 0 Å². The van der Waals surface area contributed by atoms with Crippen molar-refractivity contribution in [3.8, 4) is 0 Å². The minimum Gasteiger partial charge on any atom is -0.383 e. The monoisotopic (exact) mass is 276 g/mol. The summed E-state index contributed by atoms with van der Waals surface area (Å²) < 4.78 is 0. The fourth-order valence-corrected chi connectivity index (χ4v) is 2.40. The van der Waals surface area contributed by atoms with E-state index in [1.54, 1.807) is 0 Å². The van der Waals surface area contributed by atoms with Crippen molar-refractivity contribution in [2.24, 2.45) is 0 Å². The molecule has 112 valence electrons. The zero-order chi connectivity index (χ0) is 14.5. The van der Waals surface area contributed by atoms with Crippen LogP contribution in [0.15, 0.2) is 0 Å². The zero-order valence-corrected chi connectivity index (χ0v) is 13.1. The van der Waals surface area contributed by atoms with E-state index in [0.717, 1.165) is 17.2 Å². The maximum absolute atomic E-state index is 6.01. The fourth-order valence-electron chi connectivity index (χ4n) is 2.40. The van der Waals surface area contributed by atoms with Crippen molar-refractivity contribution in [3.05, 3.63) is 11.4 Å². The Labute approximate surface area is 122 Å². The van der Waals surface area contributed by atoms with Gasteiger partial charge in [-0.1, -0.05) is 32.6 Å². The van der Waals surface area contributed by atoms with Gasteiger partial charge >= 0.3 is 0 Å². The Hall–Kier alpha value is -1.32. The molecular formula is C16H28N4. The Kier molecular flexibility index (Phi) is 5.21. The van der Waals surface area contributed by atoms with E-state index in [0.29, 0.717) is 17.8 Å². The molecule has 2 rings (SSSR count). The van der Waals surface area contributed by atoms with Gasteiger partial charge in [0.25, 0.3) is 0 Å². The fraction of sp³-hybridized carbons (Fsp3) is 0.750. The first kappa shape index (κ1) is 15.1. The van der Waals surface area contributed by atoms with Crippen molar-refractivity contribution in [2.45, 2.75) is 77.7 Å². The number of nitrogen functional groups attached to an aromatic ring is 1. The van der Waals surface area contributed by atoms with Gasteiger partial charge in [-0.2, -0.15) is 0 Å². The first-order valence-corrected chi connectivity index (χ1v) is 8.02. The third-order valence-corrected chi connectivity index (χ3v) is 4.02. The van der Waals surface area contributed by atoms with Crippen LogP contribution in [0.25, 0.3) is 0 Å². The SMILES string of the molecule is CCCCCCC(C)Nc1nc(C2CC2)nc(N)c1C. The number of rotatable bonds is 8. The van der Waals surface area contributed by atoms with Crippen LogP contribution in [0.1, 0.15) is 76.1 Å². The smallest absolute Gasteiger partial charge is 0.136 e. The molecule has 1 aromatic heterocycles. The molecule has 0 saturated heterocycles. The Bertz CT molecular complexity index is 440. The summed E-state index contributed by atoms with van der Waals surface area (Å²) >= 11 is 0. The molecule has 0 bridgehead atoms. The Morgan fingerprint density at radius 2 is 2.00 bits per heavy atom. The third kappa shape index (κ3) is 4.09. The topological polar surface area (TPSA) is 63.8 Å². The van der Waals surface area contributed by atoms with Crippen LogP contribution >= 0.6 is 0 Å². The molecule has 1 heterocycles. The van der Waals surface area contributed by atoms with Crippen LogP contribution in [0, 0.1) is 6.92 Å². The molecule has 20 heavy (non-hydrogen) atoms. The summed E-state index contributed by atoms with van der Waals surface area (Å²) in [7, 11) is 0. The van der Waals surface area contributed by atoms with Gasteiger partial charge in [-0.3, -0.25) is 0 Å². The van der Waals surface area contributed by atoms with Crippen LogP contribution in [-0.4, -0.2) is 16.0 Å². The average Bonchev–Trinajstić information content (AvgIpc) is 3.24. The van der Waals surface area contributed by atoms with E-state index in [1.807, 2.05) is 6.92 Å². The van der Waals surface area contributed by atoms with Gasteiger partial charge in [0.05, 0.1) is 0 Å². The van der Waals surface area contributed by atoms with E-state index in [2.05, 4.69) is 29.1 Å². The van der Waals surface area contributed by atoms with Gasteiger partial charge in [0.1, 0.15) is 17.5 Å². The van der Waals surface area contributed by atoms with E-state index >= 15 is 0 Å². The molecule has 1 fully saturated rings. The molecule has 0 aromatic carbocycles. The number of nitrogens with one attached hydrogen (secondary N) is 1. The van der Waals surface area contributed by atoms with E-state index in [4.69, 9.17) is 5.73 Å². The lowest BCUT2D eigenvalue weighted by molar-refractivity contribution is 0.592. The maximum atomic E-state index is 6.01. The number of anilines is 2. The van der Waals surface area contributed by atoms with Gasteiger partial charge in [0.2, 0.25) is 0 Å². The van der Waals surface area contributed by atoms with Crippen LogP contribution in [0.4, 0.5) is 11.6 Å². The Morgan fingerprint density at radius 1 is 1.25 bits per heavy atom. The number of nitrogens with two attached hydrogens (primary N) is 1. The zero-order valence-electron chi connectivity index (χ0n) is 13.1. The van der Waals surface area contributed by atoms with Crippen LogP contribution in [-0.2, 0) is 0 Å². The quantitative estimate of drug-likeness (QED) is 0.704. The minimum atomic E-state index is 0.437. The second-order valence-corrected chi connectivity index (χ2v) is 6.11. The molecule has 4 nitrogen and oxygen atoms in total. The van der Waals surface area contributed by atoms with E-state index in [1.165, 1.54) is 44.9 Å². The number of hydrogen-bond acceptors (Lipinski definition) is 4. The highest BCUT2D eigenvalue weighted by atomic mass is 15.1. The van der Waals surface area contributed by atoms with Gasteiger partial charge < -0.3 is 11.1 Å². The summed E-state index contributed by atoms with van der Waals surface area (Å²) in [4.78, 5) is 9.09. The number of hydrogen-bond donors (Lipinski definition) is 2. The van der Waals surface area contributed by atoms with Crippen molar-refractivity contribution in [1.82, 2.24) is 9.97 Å². The Morgan fingerprint density at radius 3 is 2.65 bits per heavy atom. The maximum Gasteiger partial charge on any atom is 0.136 e. The van der Waals surface area contributed by atoms with E-state index in [9.17, 15) is 0 Å². The largest absolute Gasteiger partial charge is 0.383 e. The molecule has 0 amide bonds. The summed E-state index contributed by atoms with van der Waals surface area (Å²) in [6, 6.07) is 0.437. The van der Waals surface area contributed by atoms with Crippen molar-refractivity contribution in [1.29, 1.82) is 0 Å². The van der Waals surface area contributed by atoms with Gasteiger partial charge in [0, 0.05) is 17.5 Å². The first-order valence-electron chi connectivity index (χ1n) is 8.02. The molecule has 1 aromatic rings. The summed E-state index contributed by atoms with van der Waals surface area (Å²) in [6.45, 7) is 6.47. The predicted octanol–water partition coefficient (Wildman–Crippen LogP) is 4.02. The van der Waals surface area contributed by atoms with Crippen molar-refractivity contribution < 1.29 is 0 Å². The molecule has 1 aliphatic rings. The lowest BCUT2D eigenvalue weighted by Gasteiger charge is -2.17. The molecule has 1 atom stereocenters. The van der Waals surface area contributed by atoms with Gasteiger partial charge in [-0.15, -0.1) is 0 Å². The van der Waals surface area contributed by atoms with Crippen LogP contribution in [0.2, 0.25) is 0 Å². The van der Waals surface area contributed by atoms with Gasteiger partial charge in [-0.05, 0) is 33.1 Å². The predicted molar refractivity (Wildman–Crippen MR) is 85.0 cm³/mol. The second kappa shape index (κ2) is 6.91. The van der Waals surface area contributed by atoms with E-state index in [-0.39, 0.29) is 0 Å². The van der Waals surface area contributed by atoms with Crippen molar-refractivity contribution in [2.75, 3.05) is 11.1 Å². The average molecular weight is 276 g/mol. The van der Waals surface area contributed by atoms with Crippen LogP contribution in [0.5, 0.6) is 0 Å². The van der Waals surface area contributed by atoms with Crippen LogP contribution < -0.4 is 11.1 Å². The van der Waals surface area contributed by atoms with Crippen molar-refractivity contribution >= 4 is 11.6 Å². The molecule has 1 aliphatic carbocycles. The highest BCUT2D eigenvalue weighted by Gasteiger charge is 2.28. The van der Waals surface area contributed by atoms with Crippen molar-refractivity contribution in [3.63, 3.8) is 0 Å². The van der Waals surface area contributed by atoms with Crippen LogP contribution in [0.3, 0.4) is 0 Å². The molecule has 3 N–H and O–H groups in total. The molecule has 0 radical (unpaired) electrons. The lowest BCUT2D eigenvalue weighted by atomic mass is 10.1. The first-order chi connectivity index (χ1) is 9.61. The summed E-state index contributed by atoms with van der Waals surface area (Å²) in [5.41, 5.74) is 6.99. The second-order valence-electron chi connectivity index (χ2n) is 6.11. The van der Waals surface area contributed by atoms with Gasteiger partial charge in [0.15, 0.2) is 0 Å². The molecular weight excluding hydrogens is 248 g/mol. The molecule has 1 unspecified atom stereocenters. The lowest BCUT2D eigenvalue weighted by Crippen LogP contribution is -2.18. The molecule has 0 aliphatic heterocycles. The number of aromatic nitrogens is 2. The highest BCUT2D eigenvalue weighted by Crippen LogP contribution is 2.39. The molecule has 1 saturated carbocycles. The highest BCUT2D eigenvalue weighted by molar-refractivity contribution is 5.55. The van der Waals surface area contributed by atoms with Gasteiger partial charge in [-0.25, -0.2) is 9.97 Å². The summed E-state index contributed by atoms with van der Waals surface area (Å²) in [6.07, 6.45) is 8.80. The number of nitrogens with zero attached hydrogens (tertiary/aromatic N) is 2. The third-order valence-electron chi connectivity index (χ3n) is 4.02. The molecule has 4 heteroatoms. The standard InChI is InChI=1S/C16H28N4/c1-4-5-6-7-8-11(2)18-15-12(3)14(17)19-16(20-15)13-9-10-13/h11,13H,4-10H2,1-3H3,(H3,17,18,19,20). The summed E-state index contributed by atoms with van der Waals surface area (Å²) in [5.74, 6) is 3.03. The summed E-state index contributed by atoms with van der Waals surface area (Å²) in [5, 5.41) is 3.52. The minimum absolute atomic E-state index is 0.437. The number of unbranched alkanes of at least 4 members (excludes halogenated alkanes) is 3. The normalized spacial score (nSPS) is 16.1. The molecule has 0 spiro atoms. The Balaban J connectivity index is 1.93.